The highest BCUT2D eigenvalue weighted by molar-refractivity contribution is 5.94. The monoisotopic (exact) mass is 366 g/mol. The Hall–Kier alpha value is -2.54. The Morgan fingerprint density at radius 2 is 1.58 bits per heavy atom. The highest BCUT2D eigenvalue weighted by atomic mass is 19.4. The van der Waals surface area contributed by atoms with Crippen LogP contribution in [0.5, 0.6) is 5.75 Å². The Morgan fingerprint density at radius 3 is 2.31 bits per heavy atom. The van der Waals surface area contributed by atoms with Gasteiger partial charge in [0.05, 0.1) is 0 Å². The lowest BCUT2D eigenvalue weighted by atomic mass is 10.2. The standard InChI is InChI=1S/C19H21F3N2O2/c20-19(21,22)26-17-11-5-4-10-16(17)14-23-12-6-7-13-24-18(25)15-8-2-1-3-9-15/h1-5,8-11,23H,6-7,12-14H2,(H,24,25). The molecule has 2 N–H and O–H groups in total. The summed E-state index contributed by atoms with van der Waals surface area (Å²) in [5, 5.41) is 5.92. The van der Waals surface area contributed by atoms with E-state index in [2.05, 4.69) is 15.4 Å². The summed E-state index contributed by atoms with van der Waals surface area (Å²) in [6, 6.07) is 15.0. The van der Waals surface area contributed by atoms with Crippen LogP contribution in [0.2, 0.25) is 0 Å². The van der Waals surface area contributed by atoms with Crippen molar-refractivity contribution in [3.05, 3.63) is 65.7 Å². The average Bonchev–Trinajstić information content (AvgIpc) is 2.61. The second-order valence-electron chi connectivity index (χ2n) is 5.66. The minimum atomic E-state index is -4.70. The van der Waals surface area contributed by atoms with E-state index in [0.717, 1.165) is 12.8 Å². The van der Waals surface area contributed by atoms with Crippen molar-refractivity contribution in [1.29, 1.82) is 0 Å². The van der Waals surface area contributed by atoms with Gasteiger partial charge in [0.1, 0.15) is 5.75 Å². The number of rotatable bonds is 9. The van der Waals surface area contributed by atoms with Gasteiger partial charge in [0.15, 0.2) is 0 Å². The van der Waals surface area contributed by atoms with E-state index in [0.29, 0.717) is 24.2 Å². The van der Waals surface area contributed by atoms with E-state index in [1.54, 1.807) is 36.4 Å². The molecule has 2 aromatic rings. The molecule has 1 amide bonds. The molecule has 0 bridgehead atoms. The summed E-state index contributed by atoms with van der Waals surface area (Å²) in [6.07, 6.45) is -3.14. The molecule has 0 heterocycles. The highest BCUT2D eigenvalue weighted by Crippen LogP contribution is 2.25. The van der Waals surface area contributed by atoms with Gasteiger partial charge in [-0.05, 0) is 37.6 Å². The van der Waals surface area contributed by atoms with Crippen LogP contribution in [0, 0.1) is 0 Å². The second kappa shape index (κ2) is 9.82. The first kappa shape index (κ1) is 19.8. The number of hydrogen-bond acceptors (Lipinski definition) is 3. The van der Waals surface area contributed by atoms with Gasteiger partial charge in [-0.3, -0.25) is 4.79 Å². The molecule has 0 fully saturated rings. The number of carbonyl (C=O) groups excluding carboxylic acids is 1. The Bertz CT molecular complexity index is 691. The number of unbranched alkanes of at least 4 members (excludes halogenated alkanes) is 1. The molecule has 0 aliphatic heterocycles. The van der Waals surface area contributed by atoms with Crippen molar-refractivity contribution in [2.45, 2.75) is 25.7 Å². The fraction of sp³-hybridized carbons (Fsp3) is 0.316. The SMILES string of the molecule is O=C(NCCCCNCc1ccccc1OC(F)(F)F)c1ccccc1. The van der Waals surface area contributed by atoms with Gasteiger partial charge in [-0.1, -0.05) is 36.4 Å². The van der Waals surface area contributed by atoms with Crippen LogP contribution >= 0.6 is 0 Å². The van der Waals surface area contributed by atoms with Gasteiger partial charge >= 0.3 is 6.36 Å². The molecule has 7 heteroatoms. The maximum atomic E-state index is 12.4. The first-order chi connectivity index (χ1) is 12.5. The molecule has 0 saturated carbocycles. The summed E-state index contributed by atoms with van der Waals surface area (Å²) in [5.74, 6) is -0.306. The predicted octanol–water partition coefficient (Wildman–Crippen LogP) is 3.89. The molecule has 0 unspecified atom stereocenters. The zero-order valence-corrected chi connectivity index (χ0v) is 14.2. The van der Waals surface area contributed by atoms with E-state index < -0.39 is 6.36 Å². The fourth-order valence-electron chi connectivity index (χ4n) is 2.37. The van der Waals surface area contributed by atoms with E-state index in [1.807, 2.05) is 6.07 Å². The zero-order chi connectivity index (χ0) is 18.8. The smallest absolute Gasteiger partial charge is 0.405 e. The number of hydrogen-bond donors (Lipinski definition) is 2. The minimum absolute atomic E-state index is 0.114. The van der Waals surface area contributed by atoms with Crippen molar-refractivity contribution in [3.63, 3.8) is 0 Å². The van der Waals surface area contributed by atoms with Crippen LogP contribution in [0.3, 0.4) is 0 Å². The summed E-state index contributed by atoms with van der Waals surface area (Å²) < 4.78 is 41.1. The van der Waals surface area contributed by atoms with Gasteiger partial charge in [0.25, 0.3) is 5.91 Å². The molecule has 0 aliphatic carbocycles. The van der Waals surface area contributed by atoms with E-state index >= 15 is 0 Å². The van der Waals surface area contributed by atoms with Crippen LogP contribution in [-0.4, -0.2) is 25.4 Å². The van der Waals surface area contributed by atoms with E-state index in [-0.39, 0.29) is 18.2 Å². The van der Waals surface area contributed by atoms with Gasteiger partial charge in [-0.2, -0.15) is 0 Å². The molecule has 0 saturated heterocycles. The van der Waals surface area contributed by atoms with Crippen LogP contribution in [0.1, 0.15) is 28.8 Å². The maximum absolute atomic E-state index is 12.4. The third kappa shape index (κ3) is 7.14. The molecule has 2 rings (SSSR count). The van der Waals surface area contributed by atoms with Crippen molar-refractivity contribution < 1.29 is 22.7 Å². The highest BCUT2D eigenvalue weighted by Gasteiger charge is 2.31. The van der Waals surface area contributed by atoms with Crippen molar-refractivity contribution in [1.82, 2.24) is 10.6 Å². The molecule has 0 atom stereocenters. The lowest BCUT2D eigenvalue weighted by molar-refractivity contribution is -0.274. The Balaban J connectivity index is 1.63. The van der Waals surface area contributed by atoms with Gasteiger partial charge in [0, 0.05) is 24.2 Å². The summed E-state index contributed by atoms with van der Waals surface area (Å²) in [7, 11) is 0. The van der Waals surface area contributed by atoms with Crippen molar-refractivity contribution in [2.75, 3.05) is 13.1 Å². The molecular formula is C19H21F3N2O2. The zero-order valence-electron chi connectivity index (χ0n) is 14.2. The van der Waals surface area contributed by atoms with E-state index in [1.165, 1.54) is 12.1 Å². The van der Waals surface area contributed by atoms with Crippen LogP contribution in [0.15, 0.2) is 54.6 Å². The topological polar surface area (TPSA) is 50.4 Å². The Kier molecular flexibility index (Phi) is 7.47. The second-order valence-corrected chi connectivity index (χ2v) is 5.66. The normalized spacial score (nSPS) is 11.2. The molecule has 26 heavy (non-hydrogen) atoms. The number of halogens is 3. The molecule has 4 nitrogen and oxygen atoms in total. The lowest BCUT2D eigenvalue weighted by Crippen LogP contribution is -2.25. The number of carbonyl (C=O) groups is 1. The number of para-hydroxylation sites is 1. The number of ether oxygens (including phenoxy) is 1. The fourth-order valence-corrected chi connectivity index (χ4v) is 2.37. The van der Waals surface area contributed by atoms with Crippen LogP contribution < -0.4 is 15.4 Å². The Labute approximate surface area is 150 Å². The number of amides is 1. The van der Waals surface area contributed by atoms with Gasteiger partial charge in [0.2, 0.25) is 0 Å². The maximum Gasteiger partial charge on any atom is 0.573 e. The molecule has 0 aromatic heterocycles. The number of alkyl halides is 3. The van der Waals surface area contributed by atoms with Crippen LogP contribution in [0.25, 0.3) is 0 Å². The molecule has 140 valence electrons. The van der Waals surface area contributed by atoms with Gasteiger partial charge in [-0.15, -0.1) is 13.2 Å². The quantitative estimate of drug-likeness (QED) is 0.662. The Morgan fingerprint density at radius 1 is 0.923 bits per heavy atom. The van der Waals surface area contributed by atoms with E-state index in [4.69, 9.17) is 0 Å². The molecule has 0 spiro atoms. The molecule has 0 radical (unpaired) electrons. The number of nitrogens with one attached hydrogen (secondary N) is 2. The van der Waals surface area contributed by atoms with Crippen LogP contribution in [-0.2, 0) is 6.54 Å². The first-order valence-electron chi connectivity index (χ1n) is 8.33. The third-order valence-electron chi connectivity index (χ3n) is 3.62. The predicted molar refractivity (Wildman–Crippen MR) is 92.8 cm³/mol. The summed E-state index contributed by atoms with van der Waals surface area (Å²) in [5.41, 5.74) is 1.06. The molecule has 0 aliphatic rings. The summed E-state index contributed by atoms with van der Waals surface area (Å²) in [4.78, 5) is 11.8. The van der Waals surface area contributed by atoms with E-state index in [9.17, 15) is 18.0 Å². The third-order valence-corrected chi connectivity index (χ3v) is 3.62. The molecule has 2 aromatic carbocycles. The van der Waals surface area contributed by atoms with Crippen molar-refractivity contribution in [3.8, 4) is 5.75 Å². The van der Waals surface area contributed by atoms with Crippen molar-refractivity contribution in [2.24, 2.45) is 0 Å². The van der Waals surface area contributed by atoms with Gasteiger partial charge in [-0.25, -0.2) is 0 Å². The largest absolute Gasteiger partial charge is 0.573 e. The lowest BCUT2D eigenvalue weighted by Gasteiger charge is -2.13. The van der Waals surface area contributed by atoms with Crippen LogP contribution in [0.4, 0.5) is 13.2 Å². The molecular weight excluding hydrogens is 345 g/mol. The summed E-state index contributed by atoms with van der Waals surface area (Å²) in [6.45, 7) is 1.45. The average molecular weight is 366 g/mol. The minimum Gasteiger partial charge on any atom is -0.405 e. The van der Waals surface area contributed by atoms with Gasteiger partial charge < -0.3 is 15.4 Å². The first-order valence-corrected chi connectivity index (χ1v) is 8.33. The van der Waals surface area contributed by atoms with Crippen molar-refractivity contribution >= 4 is 5.91 Å². The number of benzene rings is 2. The summed E-state index contributed by atoms with van der Waals surface area (Å²) >= 11 is 0.